The van der Waals surface area contributed by atoms with Crippen LogP contribution in [0.1, 0.15) is 22.4 Å². The second-order valence-electron chi connectivity index (χ2n) is 6.57. The molecule has 2 N–H and O–H groups in total. The predicted molar refractivity (Wildman–Crippen MR) is 101 cm³/mol. The Morgan fingerprint density at radius 1 is 1.11 bits per heavy atom. The molecule has 2 aliphatic rings. The second-order valence-corrected chi connectivity index (χ2v) is 6.57. The van der Waals surface area contributed by atoms with E-state index in [1.54, 1.807) is 18.2 Å². The molecule has 2 heterocycles. The molecule has 0 bridgehead atoms. The second kappa shape index (κ2) is 7.32. The van der Waals surface area contributed by atoms with Gasteiger partial charge in [-0.25, -0.2) is 14.4 Å². The van der Waals surface area contributed by atoms with Crippen LogP contribution < -0.4 is 15.8 Å². The first-order valence-corrected chi connectivity index (χ1v) is 8.83. The number of aromatic nitrogens is 2. The molecule has 0 spiro atoms. The summed E-state index contributed by atoms with van der Waals surface area (Å²) in [7, 11) is 0. The van der Waals surface area contributed by atoms with Gasteiger partial charge in [0.15, 0.2) is 0 Å². The zero-order chi connectivity index (χ0) is 19.7. The number of nitrogens with zero attached hydrogens (tertiary/aromatic N) is 2. The van der Waals surface area contributed by atoms with Gasteiger partial charge in [0.25, 0.3) is 5.56 Å². The zero-order valence-corrected chi connectivity index (χ0v) is 14.9. The lowest BCUT2D eigenvalue weighted by atomic mass is 9.99. The molecule has 1 fully saturated rings. The molecule has 0 unspecified atom stereocenters. The lowest BCUT2D eigenvalue weighted by molar-refractivity contribution is -0.127. The van der Waals surface area contributed by atoms with Crippen LogP contribution in [0.15, 0.2) is 41.2 Å². The Labute approximate surface area is 159 Å². The number of hydrogen-bond donors (Lipinski definition) is 2. The maximum atomic E-state index is 14.4. The molecule has 2 amide bonds. The largest absolute Gasteiger partial charge is 0.300 e. The van der Waals surface area contributed by atoms with Crippen molar-refractivity contribution in [2.75, 3.05) is 18.0 Å². The highest BCUT2D eigenvalue weighted by Crippen LogP contribution is 2.25. The number of piperazine rings is 1. The first kappa shape index (κ1) is 18.0. The van der Waals surface area contributed by atoms with Crippen molar-refractivity contribution in [2.45, 2.75) is 12.8 Å². The van der Waals surface area contributed by atoms with Gasteiger partial charge in [-0.3, -0.25) is 19.7 Å². The van der Waals surface area contributed by atoms with E-state index in [9.17, 15) is 18.8 Å². The van der Waals surface area contributed by atoms with Crippen molar-refractivity contribution >= 4 is 23.6 Å². The summed E-state index contributed by atoms with van der Waals surface area (Å²) in [6, 6.07) is 4.30. The fourth-order valence-corrected chi connectivity index (χ4v) is 3.38. The minimum absolute atomic E-state index is 0.0247. The van der Waals surface area contributed by atoms with Crippen molar-refractivity contribution in [2.24, 2.45) is 0 Å². The average Bonchev–Trinajstić information content (AvgIpc) is 2.93. The Morgan fingerprint density at radius 2 is 1.89 bits per heavy atom. The number of rotatable bonds is 3. The molecule has 8 heteroatoms. The quantitative estimate of drug-likeness (QED) is 0.778. The van der Waals surface area contributed by atoms with Crippen molar-refractivity contribution in [3.63, 3.8) is 0 Å². The molecule has 7 nitrogen and oxygen atoms in total. The Morgan fingerprint density at radius 3 is 2.68 bits per heavy atom. The summed E-state index contributed by atoms with van der Waals surface area (Å²) >= 11 is 0. The molecule has 1 saturated heterocycles. The Balaban J connectivity index is 1.72. The molecule has 142 valence electrons. The molecule has 1 aromatic heterocycles. The molecular weight excluding hydrogens is 363 g/mol. The third kappa shape index (κ3) is 3.29. The first-order chi connectivity index (χ1) is 13.5. The number of amides is 2. The number of H-pyrrole nitrogens is 1. The molecular formula is C20H17FN4O3. The molecule has 0 saturated carbocycles. The Hall–Kier alpha value is -3.39. The molecule has 2 aromatic rings. The highest BCUT2D eigenvalue weighted by molar-refractivity contribution is 6.17. The average molecular weight is 380 g/mol. The summed E-state index contributed by atoms with van der Waals surface area (Å²) in [6.07, 6.45) is 8.20. The number of aromatic amines is 1. The van der Waals surface area contributed by atoms with E-state index in [0.29, 0.717) is 29.7 Å². The van der Waals surface area contributed by atoms with E-state index in [4.69, 9.17) is 0 Å². The summed E-state index contributed by atoms with van der Waals surface area (Å²) < 4.78 is 14.4. The van der Waals surface area contributed by atoms with Crippen molar-refractivity contribution in [3.05, 3.63) is 75.0 Å². The molecule has 28 heavy (non-hydrogen) atoms. The van der Waals surface area contributed by atoms with Crippen LogP contribution in [0.3, 0.4) is 0 Å². The van der Waals surface area contributed by atoms with Gasteiger partial charge >= 0.3 is 0 Å². The maximum Gasteiger partial charge on any atom is 0.271 e. The molecule has 1 aromatic carbocycles. The summed E-state index contributed by atoms with van der Waals surface area (Å²) in [4.78, 5) is 37.1. The van der Waals surface area contributed by atoms with Crippen molar-refractivity contribution in [1.82, 2.24) is 15.5 Å². The molecule has 1 aliphatic heterocycles. The van der Waals surface area contributed by atoms with Gasteiger partial charge in [0.05, 0.1) is 24.5 Å². The normalized spacial score (nSPS) is 16.2. The van der Waals surface area contributed by atoms with Crippen LogP contribution in [-0.4, -0.2) is 35.1 Å². The van der Waals surface area contributed by atoms with E-state index in [-0.39, 0.29) is 24.3 Å². The number of halogens is 1. The molecule has 1 aliphatic carbocycles. The summed E-state index contributed by atoms with van der Waals surface area (Å²) in [6.45, 7) is -0.0495. The van der Waals surface area contributed by atoms with Crippen molar-refractivity contribution < 1.29 is 14.0 Å². The van der Waals surface area contributed by atoms with E-state index >= 15 is 0 Å². The van der Waals surface area contributed by atoms with Crippen LogP contribution in [-0.2, 0) is 22.4 Å². The highest BCUT2D eigenvalue weighted by Gasteiger charge is 2.29. The standard InChI is InChI=1S/C20H17FN4O3/c21-15-7-6-12(9-17(15)25-18(26)10-22-11-19(25)27)8-16-13-4-2-1-3-5-14(13)20(28)24-23-16/h1-3,5-7,9,22H,4,8,10-11H2,(H,24,28). The fourth-order valence-electron chi connectivity index (χ4n) is 3.38. The van der Waals surface area contributed by atoms with Gasteiger partial charge in [-0.1, -0.05) is 24.3 Å². The van der Waals surface area contributed by atoms with Crippen LogP contribution in [0.25, 0.3) is 6.08 Å². The lowest BCUT2D eigenvalue weighted by Crippen LogP contribution is -2.52. The lowest BCUT2D eigenvalue weighted by Gasteiger charge is -2.26. The molecule has 0 radical (unpaired) electrons. The number of benzene rings is 1. The number of allylic oxidation sites excluding steroid dienone is 3. The van der Waals surface area contributed by atoms with E-state index < -0.39 is 17.6 Å². The summed E-state index contributed by atoms with van der Waals surface area (Å²) in [5.74, 6) is -1.65. The van der Waals surface area contributed by atoms with Crippen LogP contribution >= 0.6 is 0 Å². The minimum Gasteiger partial charge on any atom is -0.300 e. The molecule has 4 rings (SSSR count). The number of anilines is 1. The number of nitrogens with one attached hydrogen (secondary N) is 2. The van der Waals surface area contributed by atoms with Crippen LogP contribution in [0.2, 0.25) is 0 Å². The summed E-state index contributed by atoms with van der Waals surface area (Å²) in [5, 5.41) is 9.34. The fraction of sp³-hybridized carbons (Fsp3) is 0.200. The van der Waals surface area contributed by atoms with Crippen molar-refractivity contribution in [1.29, 1.82) is 0 Å². The first-order valence-electron chi connectivity index (χ1n) is 8.83. The van der Waals surface area contributed by atoms with E-state index in [0.717, 1.165) is 10.5 Å². The van der Waals surface area contributed by atoms with Gasteiger partial charge in [-0.05, 0) is 35.8 Å². The minimum atomic E-state index is -0.647. The van der Waals surface area contributed by atoms with Crippen molar-refractivity contribution in [3.8, 4) is 0 Å². The van der Waals surface area contributed by atoms with E-state index in [1.807, 2.05) is 12.2 Å². The van der Waals surface area contributed by atoms with Gasteiger partial charge in [0, 0.05) is 12.0 Å². The predicted octanol–water partition coefficient (Wildman–Crippen LogP) is 1.09. The van der Waals surface area contributed by atoms with Crippen LogP contribution in [0.4, 0.5) is 10.1 Å². The van der Waals surface area contributed by atoms with Gasteiger partial charge < -0.3 is 0 Å². The van der Waals surface area contributed by atoms with Gasteiger partial charge in [-0.2, -0.15) is 5.10 Å². The third-order valence-corrected chi connectivity index (χ3v) is 4.72. The summed E-state index contributed by atoms with van der Waals surface area (Å²) in [5.41, 5.74) is 2.34. The van der Waals surface area contributed by atoms with Crippen LogP contribution in [0.5, 0.6) is 0 Å². The molecule has 0 atom stereocenters. The SMILES string of the molecule is O=C1CNCC(=O)N1c1cc(Cc2n[nH]c(=O)c3c2CC=CC=C3)ccc1F. The maximum absolute atomic E-state index is 14.4. The monoisotopic (exact) mass is 380 g/mol. The van der Waals surface area contributed by atoms with Gasteiger partial charge in [0.1, 0.15) is 5.82 Å². The number of imide groups is 1. The smallest absolute Gasteiger partial charge is 0.271 e. The number of hydrogen-bond acceptors (Lipinski definition) is 5. The Bertz CT molecular complexity index is 1070. The van der Waals surface area contributed by atoms with E-state index in [1.165, 1.54) is 12.1 Å². The highest BCUT2D eigenvalue weighted by atomic mass is 19.1. The Kier molecular flexibility index (Phi) is 4.70. The number of carbonyl (C=O) groups excluding carboxylic acids is 2. The third-order valence-electron chi connectivity index (χ3n) is 4.72. The van der Waals surface area contributed by atoms with Gasteiger partial charge in [0.2, 0.25) is 11.8 Å². The van der Waals surface area contributed by atoms with E-state index in [2.05, 4.69) is 15.5 Å². The van der Waals surface area contributed by atoms with Gasteiger partial charge in [-0.15, -0.1) is 0 Å². The topological polar surface area (TPSA) is 95.2 Å². The van der Waals surface area contributed by atoms with Crippen LogP contribution in [0, 0.1) is 5.82 Å². The number of fused-ring (bicyclic) bond motifs is 1. The number of carbonyl (C=O) groups is 2. The zero-order valence-electron chi connectivity index (χ0n) is 14.9.